The maximum Gasteiger partial charge on any atom is 0.183 e. The number of hydrogen-bond acceptors (Lipinski definition) is 6. The molecule has 144 valence electrons. The Morgan fingerprint density at radius 3 is 1.83 bits per heavy atom. The second-order valence-electron chi connectivity index (χ2n) is 6.79. The summed E-state index contributed by atoms with van der Waals surface area (Å²) in [4.78, 5) is 0. The van der Waals surface area contributed by atoms with Crippen molar-refractivity contribution in [2.24, 2.45) is 0 Å². The SMILES string of the molecule is CCCCCCCCCCCCSC[C@H]1O[C@H](O)[C@H](O)[C@@H](O)[C@H]1O. The molecule has 1 heterocycles. The Bertz CT molecular complexity index is 305. The summed E-state index contributed by atoms with van der Waals surface area (Å²) in [6.45, 7) is 2.24. The molecule has 0 saturated carbocycles. The first-order valence-corrected chi connectivity index (χ1v) is 10.7. The lowest BCUT2D eigenvalue weighted by Crippen LogP contribution is -2.58. The van der Waals surface area contributed by atoms with Crippen molar-refractivity contribution < 1.29 is 25.2 Å². The van der Waals surface area contributed by atoms with Crippen LogP contribution in [0, 0.1) is 0 Å². The number of rotatable bonds is 13. The molecule has 5 nitrogen and oxygen atoms in total. The van der Waals surface area contributed by atoms with Gasteiger partial charge in [-0.15, -0.1) is 0 Å². The monoisotopic (exact) mass is 364 g/mol. The second kappa shape index (κ2) is 13.4. The molecule has 0 aromatic carbocycles. The Labute approximate surface area is 150 Å². The molecule has 0 amide bonds. The predicted octanol–water partition coefficient (Wildman–Crippen LogP) is 2.44. The van der Waals surface area contributed by atoms with Gasteiger partial charge in [0.15, 0.2) is 6.29 Å². The summed E-state index contributed by atoms with van der Waals surface area (Å²) in [6, 6.07) is 0. The normalized spacial score (nSPS) is 30.6. The van der Waals surface area contributed by atoms with Gasteiger partial charge in [0.2, 0.25) is 0 Å². The van der Waals surface area contributed by atoms with Crippen molar-refractivity contribution in [1.82, 2.24) is 0 Å². The summed E-state index contributed by atoms with van der Waals surface area (Å²) in [5.41, 5.74) is 0. The number of aliphatic hydroxyl groups is 4. The lowest BCUT2D eigenvalue weighted by Gasteiger charge is -2.38. The van der Waals surface area contributed by atoms with Crippen molar-refractivity contribution in [2.75, 3.05) is 11.5 Å². The summed E-state index contributed by atoms with van der Waals surface area (Å²) in [7, 11) is 0. The van der Waals surface area contributed by atoms with E-state index in [4.69, 9.17) is 4.74 Å². The standard InChI is InChI=1S/C18H36O5S/c1-2-3-4-5-6-7-8-9-10-11-12-24-13-14-15(19)16(20)17(21)18(22)23-14/h14-22H,2-13H2,1H3/t14-,15+,16+,17-,18+/m1/s1. The Hall–Kier alpha value is 0.150. The molecule has 0 aromatic heterocycles. The van der Waals surface area contributed by atoms with Crippen LogP contribution in [-0.2, 0) is 4.74 Å². The molecule has 0 aliphatic carbocycles. The van der Waals surface area contributed by atoms with Gasteiger partial charge >= 0.3 is 0 Å². The quantitative estimate of drug-likeness (QED) is 0.375. The van der Waals surface area contributed by atoms with Gasteiger partial charge in [0.05, 0.1) is 6.10 Å². The largest absolute Gasteiger partial charge is 0.388 e. The summed E-state index contributed by atoms with van der Waals surface area (Å²) in [5.74, 6) is 1.50. The fourth-order valence-corrected chi connectivity index (χ4v) is 4.04. The third-order valence-corrected chi connectivity index (χ3v) is 5.75. The minimum Gasteiger partial charge on any atom is -0.388 e. The molecular weight excluding hydrogens is 328 g/mol. The van der Waals surface area contributed by atoms with Crippen LogP contribution in [0.15, 0.2) is 0 Å². The van der Waals surface area contributed by atoms with E-state index < -0.39 is 30.7 Å². The first-order chi connectivity index (χ1) is 11.6. The zero-order valence-electron chi connectivity index (χ0n) is 15.0. The van der Waals surface area contributed by atoms with Crippen LogP contribution >= 0.6 is 11.8 Å². The van der Waals surface area contributed by atoms with Crippen LogP contribution in [0.5, 0.6) is 0 Å². The molecule has 0 radical (unpaired) electrons. The second-order valence-corrected chi connectivity index (χ2v) is 7.94. The van der Waals surface area contributed by atoms with E-state index in [1.54, 1.807) is 11.8 Å². The fourth-order valence-electron chi connectivity index (χ4n) is 2.96. The van der Waals surface area contributed by atoms with Crippen molar-refractivity contribution in [3.8, 4) is 0 Å². The van der Waals surface area contributed by atoms with E-state index in [0.717, 1.165) is 12.2 Å². The summed E-state index contributed by atoms with van der Waals surface area (Å²) < 4.78 is 5.16. The average molecular weight is 365 g/mol. The van der Waals surface area contributed by atoms with Gasteiger partial charge in [-0.2, -0.15) is 11.8 Å². The molecule has 24 heavy (non-hydrogen) atoms. The predicted molar refractivity (Wildman–Crippen MR) is 98.1 cm³/mol. The van der Waals surface area contributed by atoms with Crippen molar-refractivity contribution >= 4 is 11.8 Å². The molecule has 5 atom stereocenters. The lowest BCUT2D eigenvalue weighted by atomic mass is 10.0. The maximum absolute atomic E-state index is 9.84. The fraction of sp³-hybridized carbons (Fsp3) is 1.00. The zero-order chi connectivity index (χ0) is 17.8. The smallest absolute Gasteiger partial charge is 0.183 e. The highest BCUT2D eigenvalue weighted by atomic mass is 32.2. The minimum atomic E-state index is -1.44. The Morgan fingerprint density at radius 1 is 0.708 bits per heavy atom. The highest BCUT2D eigenvalue weighted by Crippen LogP contribution is 2.23. The lowest BCUT2D eigenvalue weighted by molar-refractivity contribution is -0.276. The third kappa shape index (κ3) is 8.50. The number of unbranched alkanes of at least 4 members (excludes halogenated alkanes) is 9. The van der Waals surface area contributed by atoms with E-state index in [9.17, 15) is 20.4 Å². The van der Waals surface area contributed by atoms with E-state index in [0.29, 0.717) is 5.75 Å². The molecule has 1 saturated heterocycles. The molecule has 1 fully saturated rings. The highest BCUT2D eigenvalue weighted by molar-refractivity contribution is 7.99. The Kier molecular flexibility index (Phi) is 12.4. The topological polar surface area (TPSA) is 90.2 Å². The number of ether oxygens (including phenoxy) is 1. The van der Waals surface area contributed by atoms with Crippen molar-refractivity contribution in [1.29, 1.82) is 0 Å². The Balaban J connectivity index is 1.93. The van der Waals surface area contributed by atoms with Gasteiger partial charge in [0.1, 0.15) is 18.3 Å². The molecule has 0 bridgehead atoms. The van der Waals surface area contributed by atoms with Crippen LogP contribution in [0.4, 0.5) is 0 Å². The number of thioether (sulfide) groups is 1. The molecule has 6 heteroatoms. The van der Waals surface area contributed by atoms with Crippen molar-refractivity contribution in [3.05, 3.63) is 0 Å². The molecule has 0 aromatic rings. The van der Waals surface area contributed by atoms with Crippen LogP contribution in [0.2, 0.25) is 0 Å². The molecule has 0 unspecified atom stereocenters. The summed E-state index contributed by atoms with van der Waals surface area (Å²) in [6.07, 6.45) is 7.08. The van der Waals surface area contributed by atoms with Crippen LogP contribution in [0.25, 0.3) is 0 Å². The van der Waals surface area contributed by atoms with E-state index in [1.165, 1.54) is 57.8 Å². The third-order valence-electron chi connectivity index (χ3n) is 4.61. The van der Waals surface area contributed by atoms with Crippen LogP contribution < -0.4 is 0 Å². The molecule has 0 spiro atoms. The van der Waals surface area contributed by atoms with Crippen LogP contribution in [0.3, 0.4) is 0 Å². The van der Waals surface area contributed by atoms with E-state index in [2.05, 4.69) is 6.92 Å². The minimum absolute atomic E-state index is 0.513. The van der Waals surface area contributed by atoms with Gasteiger partial charge in [-0.25, -0.2) is 0 Å². The maximum atomic E-state index is 9.84. The van der Waals surface area contributed by atoms with Crippen LogP contribution in [-0.4, -0.2) is 62.6 Å². The number of hydrogen-bond donors (Lipinski definition) is 4. The van der Waals surface area contributed by atoms with E-state index in [1.807, 2.05) is 0 Å². The molecule has 1 rings (SSSR count). The van der Waals surface area contributed by atoms with E-state index in [-0.39, 0.29) is 0 Å². The first-order valence-electron chi connectivity index (χ1n) is 9.53. The summed E-state index contributed by atoms with van der Waals surface area (Å²) in [5, 5.41) is 38.4. The molecule has 1 aliphatic heterocycles. The zero-order valence-corrected chi connectivity index (χ0v) is 15.8. The highest BCUT2D eigenvalue weighted by Gasteiger charge is 2.42. The van der Waals surface area contributed by atoms with Crippen LogP contribution in [0.1, 0.15) is 71.1 Å². The molecule has 4 N–H and O–H groups in total. The molecule has 1 aliphatic rings. The Morgan fingerprint density at radius 2 is 1.25 bits per heavy atom. The number of aliphatic hydroxyl groups excluding tert-OH is 4. The van der Waals surface area contributed by atoms with Crippen molar-refractivity contribution in [2.45, 2.75) is 102 Å². The van der Waals surface area contributed by atoms with Gasteiger partial charge < -0.3 is 25.2 Å². The van der Waals surface area contributed by atoms with Gasteiger partial charge in [-0.1, -0.05) is 64.7 Å². The molecular formula is C18H36O5S. The van der Waals surface area contributed by atoms with Gasteiger partial charge in [0, 0.05) is 5.75 Å². The van der Waals surface area contributed by atoms with Gasteiger partial charge in [-0.3, -0.25) is 0 Å². The summed E-state index contributed by atoms with van der Waals surface area (Å²) >= 11 is 1.66. The van der Waals surface area contributed by atoms with E-state index >= 15 is 0 Å². The van der Waals surface area contributed by atoms with Crippen molar-refractivity contribution in [3.63, 3.8) is 0 Å². The van der Waals surface area contributed by atoms with Gasteiger partial charge in [-0.05, 0) is 12.2 Å². The van der Waals surface area contributed by atoms with Gasteiger partial charge in [0.25, 0.3) is 0 Å². The first kappa shape index (κ1) is 22.2. The average Bonchev–Trinajstić information content (AvgIpc) is 2.58.